The second-order valence-corrected chi connectivity index (χ2v) is 6.12. The van der Waals surface area contributed by atoms with E-state index in [9.17, 15) is 14.0 Å². The summed E-state index contributed by atoms with van der Waals surface area (Å²) in [6.45, 7) is 0.0436. The number of urea groups is 1. The standard InChI is InChI=1S/C15H17ClFN3O2/c16-10-7-9(5-6-11(10)17)18-15(22)20-8-14(21)19-12-3-1-2-4-13(12)20/h5-7,12-13H,1-4,8H2,(H,18,22)(H,19,21). The van der Waals surface area contributed by atoms with Crippen molar-refractivity contribution in [2.75, 3.05) is 11.9 Å². The summed E-state index contributed by atoms with van der Waals surface area (Å²) in [6.07, 6.45) is 3.87. The Morgan fingerprint density at radius 1 is 1.36 bits per heavy atom. The first-order valence-electron chi connectivity index (χ1n) is 7.36. The van der Waals surface area contributed by atoms with Gasteiger partial charge in [-0.3, -0.25) is 4.79 Å². The number of halogens is 2. The van der Waals surface area contributed by atoms with Crippen molar-refractivity contribution >= 4 is 29.2 Å². The molecule has 1 heterocycles. The normalized spacial score (nSPS) is 24.5. The van der Waals surface area contributed by atoms with Gasteiger partial charge in [0.15, 0.2) is 0 Å². The molecular weight excluding hydrogens is 309 g/mol. The first kappa shape index (κ1) is 15.1. The summed E-state index contributed by atoms with van der Waals surface area (Å²) in [5.41, 5.74) is 0.412. The number of nitrogens with one attached hydrogen (secondary N) is 2. The van der Waals surface area contributed by atoms with Crippen LogP contribution < -0.4 is 10.6 Å². The molecule has 1 aromatic carbocycles. The summed E-state index contributed by atoms with van der Waals surface area (Å²) in [4.78, 5) is 25.8. The van der Waals surface area contributed by atoms with Crippen LogP contribution >= 0.6 is 11.6 Å². The van der Waals surface area contributed by atoms with Crippen molar-refractivity contribution in [2.45, 2.75) is 37.8 Å². The van der Waals surface area contributed by atoms with E-state index in [4.69, 9.17) is 11.6 Å². The van der Waals surface area contributed by atoms with Crippen LogP contribution in [0.3, 0.4) is 0 Å². The van der Waals surface area contributed by atoms with Crippen molar-refractivity contribution < 1.29 is 14.0 Å². The number of rotatable bonds is 1. The molecule has 22 heavy (non-hydrogen) atoms. The average molecular weight is 326 g/mol. The third-order valence-electron chi connectivity index (χ3n) is 4.22. The number of fused-ring (bicyclic) bond motifs is 1. The molecule has 1 aromatic rings. The van der Waals surface area contributed by atoms with Crippen molar-refractivity contribution in [3.63, 3.8) is 0 Å². The van der Waals surface area contributed by atoms with Crippen LogP contribution in [-0.2, 0) is 4.79 Å². The highest BCUT2D eigenvalue weighted by molar-refractivity contribution is 6.31. The van der Waals surface area contributed by atoms with E-state index in [2.05, 4.69) is 10.6 Å². The van der Waals surface area contributed by atoms with Gasteiger partial charge in [0.05, 0.1) is 11.1 Å². The SMILES string of the molecule is O=C1CN(C(=O)Nc2ccc(F)c(Cl)c2)C2CCCCC2N1. The van der Waals surface area contributed by atoms with Crippen LogP contribution in [0.15, 0.2) is 18.2 Å². The van der Waals surface area contributed by atoms with Crippen LogP contribution in [0.4, 0.5) is 14.9 Å². The Morgan fingerprint density at radius 3 is 2.91 bits per heavy atom. The van der Waals surface area contributed by atoms with Crippen LogP contribution in [0.1, 0.15) is 25.7 Å². The fourth-order valence-electron chi connectivity index (χ4n) is 3.17. The second kappa shape index (κ2) is 6.12. The maximum Gasteiger partial charge on any atom is 0.322 e. The van der Waals surface area contributed by atoms with Gasteiger partial charge in [-0.15, -0.1) is 0 Å². The van der Waals surface area contributed by atoms with Gasteiger partial charge >= 0.3 is 6.03 Å². The van der Waals surface area contributed by atoms with Crippen LogP contribution in [-0.4, -0.2) is 35.5 Å². The summed E-state index contributed by atoms with van der Waals surface area (Å²) in [5.74, 6) is -0.681. The lowest BCUT2D eigenvalue weighted by molar-refractivity contribution is -0.126. The van der Waals surface area contributed by atoms with Crippen LogP contribution in [0, 0.1) is 5.82 Å². The predicted molar refractivity (Wildman–Crippen MR) is 81.3 cm³/mol. The highest BCUT2D eigenvalue weighted by Crippen LogP contribution is 2.27. The molecule has 118 valence electrons. The molecule has 0 radical (unpaired) electrons. The molecule has 1 aliphatic heterocycles. The van der Waals surface area contributed by atoms with Gasteiger partial charge in [-0.2, -0.15) is 0 Å². The number of amides is 3. The molecule has 2 aliphatic rings. The highest BCUT2D eigenvalue weighted by Gasteiger charge is 2.38. The van der Waals surface area contributed by atoms with E-state index >= 15 is 0 Å². The van der Waals surface area contributed by atoms with Crippen molar-refractivity contribution in [3.8, 4) is 0 Å². The van der Waals surface area contributed by atoms with Gasteiger partial charge in [0.2, 0.25) is 5.91 Å². The first-order valence-corrected chi connectivity index (χ1v) is 7.74. The molecule has 7 heteroatoms. The summed E-state index contributed by atoms with van der Waals surface area (Å²) < 4.78 is 13.2. The fraction of sp³-hybridized carbons (Fsp3) is 0.467. The number of hydrogen-bond donors (Lipinski definition) is 2. The topological polar surface area (TPSA) is 61.4 Å². The van der Waals surface area contributed by atoms with Gasteiger partial charge in [-0.05, 0) is 31.0 Å². The van der Waals surface area contributed by atoms with Crippen LogP contribution in [0.25, 0.3) is 0 Å². The maximum absolute atomic E-state index is 13.2. The minimum atomic E-state index is -0.538. The zero-order chi connectivity index (χ0) is 15.7. The Bertz CT molecular complexity index is 610. The van der Waals surface area contributed by atoms with E-state index < -0.39 is 5.82 Å². The molecule has 1 saturated heterocycles. The molecule has 2 N–H and O–H groups in total. The monoisotopic (exact) mass is 325 g/mol. The zero-order valence-corrected chi connectivity index (χ0v) is 12.7. The zero-order valence-electron chi connectivity index (χ0n) is 11.9. The van der Waals surface area contributed by atoms with E-state index in [1.807, 2.05) is 0 Å². The van der Waals surface area contributed by atoms with Gasteiger partial charge in [0.25, 0.3) is 0 Å². The Hall–Kier alpha value is -1.82. The number of piperazine rings is 1. The van der Waals surface area contributed by atoms with Crippen molar-refractivity contribution in [3.05, 3.63) is 29.0 Å². The summed E-state index contributed by atoms with van der Waals surface area (Å²) >= 11 is 5.71. The van der Waals surface area contributed by atoms with Gasteiger partial charge in [0, 0.05) is 11.7 Å². The lowest BCUT2D eigenvalue weighted by Gasteiger charge is -2.43. The van der Waals surface area contributed by atoms with E-state index in [0.29, 0.717) is 5.69 Å². The summed E-state index contributed by atoms with van der Waals surface area (Å²) in [5, 5.41) is 5.59. The molecule has 1 saturated carbocycles. The second-order valence-electron chi connectivity index (χ2n) is 5.71. The lowest BCUT2D eigenvalue weighted by Crippen LogP contribution is -2.63. The third-order valence-corrected chi connectivity index (χ3v) is 4.51. The largest absolute Gasteiger partial charge is 0.350 e. The fourth-order valence-corrected chi connectivity index (χ4v) is 3.35. The number of anilines is 1. The molecule has 5 nitrogen and oxygen atoms in total. The molecule has 3 amide bonds. The molecule has 2 fully saturated rings. The molecular formula is C15H17ClFN3O2. The van der Waals surface area contributed by atoms with Crippen molar-refractivity contribution in [1.82, 2.24) is 10.2 Å². The summed E-state index contributed by atoms with van der Waals surface area (Å²) in [6, 6.07) is 3.69. The number of carbonyl (C=O) groups is 2. The van der Waals surface area contributed by atoms with Crippen molar-refractivity contribution in [2.24, 2.45) is 0 Å². The minimum absolute atomic E-state index is 0.0161. The van der Waals surface area contributed by atoms with E-state index in [1.54, 1.807) is 4.90 Å². The van der Waals surface area contributed by atoms with Gasteiger partial charge in [0.1, 0.15) is 12.4 Å². The Labute approximate surface area is 132 Å². The predicted octanol–water partition coefficient (Wildman–Crippen LogP) is 2.75. The Morgan fingerprint density at radius 2 is 2.14 bits per heavy atom. The van der Waals surface area contributed by atoms with Crippen molar-refractivity contribution in [1.29, 1.82) is 0 Å². The van der Waals surface area contributed by atoms with Gasteiger partial charge < -0.3 is 15.5 Å². The minimum Gasteiger partial charge on any atom is -0.350 e. The lowest BCUT2D eigenvalue weighted by atomic mass is 9.87. The maximum atomic E-state index is 13.2. The van der Waals surface area contributed by atoms with Crippen LogP contribution in [0.5, 0.6) is 0 Å². The number of carbonyl (C=O) groups excluding carboxylic acids is 2. The molecule has 2 unspecified atom stereocenters. The Kier molecular flexibility index (Phi) is 4.20. The number of hydrogen-bond acceptors (Lipinski definition) is 2. The van der Waals surface area contributed by atoms with E-state index in [-0.39, 0.29) is 35.6 Å². The van der Waals surface area contributed by atoms with Gasteiger partial charge in [-0.1, -0.05) is 24.4 Å². The highest BCUT2D eigenvalue weighted by atomic mass is 35.5. The molecule has 0 spiro atoms. The number of benzene rings is 1. The summed E-state index contributed by atoms with van der Waals surface area (Å²) in [7, 11) is 0. The molecule has 3 rings (SSSR count). The van der Waals surface area contributed by atoms with Gasteiger partial charge in [-0.25, -0.2) is 9.18 Å². The smallest absolute Gasteiger partial charge is 0.322 e. The third kappa shape index (κ3) is 3.02. The molecule has 0 aromatic heterocycles. The number of nitrogens with zero attached hydrogens (tertiary/aromatic N) is 1. The Balaban J connectivity index is 1.74. The average Bonchev–Trinajstić information content (AvgIpc) is 2.50. The first-order chi connectivity index (χ1) is 10.5. The quantitative estimate of drug-likeness (QED) is 0.834. The van der Waals surface area contributed by atoms with Crippen LogP contribution in [0.2, 0.25) is 5.02 Å². The molecule has 0 bridgehead atoms. The molecule has 1 aliphatic carbocycles. The van der Waals surface area contributed by atoms with E-state index in [1.165, 1.54) is 18.2 Å². The van der Waals surface area contributed by atoms with E-state index in [0.717, 1.165) is 25.7 Å². The molecule has 2 atom stereocenters.